The van der Waals surface area contributed by atoms with E-state index in [-0.39, 0.29) is 25.9 Å². The standard InChI is InChI=1S/C19H19F3O4/c1-13(19(20,21)22)26-18(24)8-4-7-17(23)25-12-14-9-10-15-5-2-3-6-16(15)11-14/h2-3,5-6,9-11,13H,4,7-8,12H2,1H3. The summed E-state index contributed by atoms with van der Waals surface area (Å²) in [5.74, 6) is -1.51. The zero-order valence-corrected chi connectivity index (χ0v) is 14.2. The minimum absolute atomic E-state index is 0.0664. The summed E-state index contributed by atoms with van der Waals surface area (Å²) in [4.78, 5) is 23.0. The van der Waals surface area contributed by atoms with Crippen molar-refractivity contribution in [2.75, 3.05) is 0 Å². The van der Waals surface area contributed by atoms with E-state index in [1.54, 1.807) is 0 Å². The molecule has 0 aliphatic carbocycles. The molecule has 0 fully saturated rings. The molecule has 1 unspecified atom stereocenters. The van der Waals surface area contributed by atoms with Crippen LogP contribution in [0.15, 0.2) is 42.5 Å². The zero-order valence-electron chi connectivity index (χ0n) is 14.2. The fraction of sp³-hybridized carbons (Fsp3) is 0.368. The molecule has 140 valence electrons. The number of hydrogen-bond acceptors (Lipinski definition) is 4. The summed E-state index contributed by atoms with van der Waals surface area (Å²) in [5, 5.41) is 2.11. The van der Waals surface area contributed by atoms with Gasteiger partial charge in [-0.1, -0.05) is 36.4 Å². The van der Waals surface area contributed by atoms with Gasteiger partial charge in [-0.25, -0.2) is 0 Å². The normalized spacial score (nSPS) is 12.6. The van der Waals surface area contributed by atoms with Crippen LogP contribution >= 0.6 is 0 Å². The summed E-state index contributed by atoms with van der Waals surface area (Å²) in [6.07, 6.45) is -7.02. The summed E-state index contributed by atoms with van der Waals surface area (Å²) >= 11 is 0. The van der Waals surface area contributed by atoms with Crippen molar-refractivity contribution in [3.05, 3.63) is 48.0 Å². The molecule has 2 aromatic carbocycles. The fourth-order valence-corrected chi connectivity index (χ4v) is 2.26. The predicted octanol–water partition coefficient (Wildman–Crippen LogP) is 4.55. The maximum atomic E-state index is 12.3. The molecule has 0 amide bonds. The Balaban J connectivity index is 1.71. The Hall–Kier alpha value is -2.57. The minimum atomic E-state index is -4.59. The number of benzene rings is 2. The van der Waals surface area contributed by atoms with Gasteiger partial charge in [-0.2, -0.15) is 13.2 Å². The van der Waals surface area contributed by atoms with Crippen molar-refractivity contribution >= 4 is 22.7 Å². The van der Waals surface area contributed by atoms with Crippen LogP contribution in [0.25, 0.3) is 10.8 Å². The molecule has 0 aliphatic rings. The van der Waals surface area contributed by atoms with E-state index >= 15 is 0 Å². The van der Waals surface area contributed by atoms with Crippen molar-refractivity contribution < 1.29 is 32.2 Å². The largest absolute Gasteiger partial charge is 0.461 e. The second-order valence-corrected chi connectivity index (χ2v) is 5.87. The summed E-state index contributed by atoms with van der Waals surface area (Å²) in [6.45, 7) is 0.856. The van der Waals surface area contributed by atoms with Crippen molar-refractivity contribution in [3.63, 3.8) is 0 Å². The minimum Gasteiger partial charge on any atom is -0.461 e. The summed E-state index contributed by atoms with van der Waals surface area (Å²) < 4.78 is 46.2. The average molecular weight is 368 g/mol. The summed E-state index contributed by atoms with van der Waals surface area (Å²) in [6, 6.07) is 13.5. The van der Waals surface area contributed by atoms with Crippen molar-refractivity contribution in [1.29, 1.82) is 0 Å². The van der Waals surface area contributed by atoms with Crippen LogP contribution in [0.1, 0.15) is 31.7 Å². The zero-order chi connectivity index (χ0) is 19.2. The van der Waals surface area contributed by atoms with E-state index in [0.29, 0.717) is 0 Å². The van der Waals surface area contributed by atoms with Crippen LogP contribution in [0, 0.1) is 0 Å². The van der Waals surface area contributed by atoms with Crippen molar-refractivity contribution in [3.8, 4) is 0 Å². The molecule has 0 N–H and O–H groups in total. The Kier molecular flexibility index (Phi) is 6.60. The molecule has 0 radical (unpaired) electrons. The maximum Gasteiger partial charge on any atom is 0.425 e. The lowest BCUT2D eigenvalue weighted by Gasteiger charge is -2.16. The molecule has 0 spiro atoms. The first-order valence-corrected chi connectivity index (χ1v) is 8.15. The van der Waals surface area contributed by atoms with E-state index in [0.717, 1.165) is 23.3 Å². The molecule has 7 heteroatoms. The van der Waals surface area contributed by atoms with E-state index < -0.39 is 24.2 Å². The Morgan fingerprint density at radius 3 is 2.35 bits per heavy atom. The van der Waals surface area contributed by atoms with Gasteiger partial charge in [0, 0.05) is 12.8 Å². The van der Waals surface area contributed by atoms with Crippen LogP contribution in [0.2, 0.25) is 0 Å². The lowest BCUT2D eigenvalue weighted by Crippen LogP contribution is -2.30. The van der Waals surface area contributed by atoms with Gasteiger partial charge in [0.2, 0.25) is 0 Å². The molecule has 4 nitrogen and oxygen atoms in total. The second-order valence-electron chi connectivity index (χ2n) is 5.87. The number of halogens is 3. The van der Waals surface area contributed by atoms with Crippen LogP contribution in [0.5, 0.6) is 0 Å². The van der Waals surface area contributed by atoms with Crippen LogP contribution in [0.4, 0.5) is 13.2 Å². The molecule has 0 aliphatic heterocycles. The van der Waals surface area contributed by atoms with Gasteiger partial charge >= 0.3 is 18.1 Å². The third-order valence-corrected chi connectivity index (χ3v) is 3.74. The average Bonchev–Trinajstić information content (AvgIpc) is 2.59. The molecule has 1 atom stereocenters. The van der Waals surface area contributed by atoms with Crippen LogP contribution < -0.4 is 0 Å². The quantitative estimate of drug-likeness (QED) is 0.673. The lowest BCUT2D eigenvalue weighted by molar-refractivity contribution is -0.216. The molecule has 0 bridgehead atoms. The van der Waals surface area contributed by atoms with Crippen molar-refractivity contribution in [2.24, 2.45) is 0 Å². The highest BCUT2D eigenvalue weighted by Gasteiger charge is 2.38. The van der Waals surface area contributed by atoms with Crippen molar-refractivity contribution in [1.82, 2.24) is 0 Å². The van der Waals surface area contributed by atoms with Crippen molar-refractivity contribution in [2.45, 2.75) is 45.1 Å². The number of hydrogen-bond donors (Lipinski definition) is 0. The first kappa shape index (κ1) is 19.8. The van der Waals surface area contributed by atoms with Crippen LogP contribution in [0.3, 0.4) is 0 Å². The number of carbonyl (C=O) groups is 2. The topological polar surface area (TPSA) is 52.6 Å². The number of rotatable bonds is 7. The van der Waals surface area contributed by atoms with Gasteiger partial charge in [-0.15, -0.1) is 0 Å². The highest BCUT2D eigenvalue weighted by molar-refractivity contribution is 5.83. The Morgan fingerprint density at radius 1 is 1.00 bits per heavy atom. The number of ether oxygens (including phenoxy) is 2. The van der Waals surface area contributed by atoms with Gasteiger partial charge in [0.15, 0.2) is 6.10 Å². The third-order valence-electron chi connectivity index (χ3n) is 3.74. The smallest absolute Gasteiger partial charge is 0.425 e. The van der Waals surface area contributed by atoms with Gasteiger partial charge in [0.25, 0.3) is 0 Å². The van der Waals surface area contributed by atoms with E-state index in [9.17, 15) is 22.8 Å². The second kappa shape index (κ2) is 8.69. The molecular formula is C19H19F3O4. The van der Waals surface area contributed by atoms with E-state index in [1.807, 2.05) is 42.5 Å². The molecule has 2 aromatic rings. The van der Waals surface area contributed by atoms with E-state index in [1.165, 1.54) is 0 Å². The number of carbonyl (C=O) groups excluding carboxylic acids is 2. The summed E-state index contributed by atoms with van der Waals surface area (Å²) in [5.41, 5.74) is 0.829. The number of alkyl halides is 3. The molecular weight excluding hydrogens is 349 g/mol. The molecule has 0 saturated heterocycles. The van der Waals surface area contributed by atoms with E-state index in [4.69, 9.17) is 4.74 Å². The van der Waals surface area contributed by atoms with Gasteiger partial charge < -0.3 is 9.47 Å². The summed E-state index contributed by atoms with van der Waals surface area (Å²) in [7, 11) is 0. The first-order valence-electron chi connectivity index (χ1n) is 8.15. The molecule has 0 saturated carbocycles. The lowest BCUT2D eigenvalue weighted by atomic mass is 10.1. The number of esters is 2. The molecule has 0 aromatic heterocycles. The highest BCUT2D eigenvalue weighted by Crippen LogP contribution is 2.23. The molecule has 26 heavy (non-hydrogen) atoms. The Bertz CT molecular complexity index is 771. The monoisotopic (exact) mass is 368 g/mol. The Morgan fingerprint density at radius 2 is 1.65 bits per heavy atom. The van der Waals surface area contributed by atoms with Gasteiger partial charge in [-0.05, 0) is 35.7 Å². The van der Waals surface area contributed by atoms with Crippen LogP contribution in [-0.4, -0.2) is 24.2 Å². The predicted molar refractivity (Wildman–Crippen MR) is 89.2 cm³/mol. The van der Waals surface area contributed by atoms with Gasteiger partial charge in [0.05, 0.1) is 0 Å². The molecule has 2 rings (SSSR count). The third kappa shape index (κ3) is 6.06. The Labute approximate surface area is 148 Å². The SMILES string of the molecule is CC(OC(=O)CCCC(=O)OCc1ccc2ccccc2c1)C(F)(F)F. The van der Waals surface area contributed by atoms with Crippen LogP contribution in [-0.2, 0) is 25.7 Å². The fourth-order valence-electron chi connectivity index (χ4n) is 2.26. The first-order chi connectivity index (χ1) is 12.3. The maximum absolute atomic E-state index is 12.3. The highest BCUT2D eigenvalue weighted by atomic mass is 19.4. The van der Waals surface area contributed by atoms with Gasteiger partial charge in [-0.3, -0.25) is 9.59 Å². The van der Waals surface area contributed by atoms with Gasteiger partial charge in [0.1, 0.15) is 6.61 Å². The van der Waals surface area contributed by atoms with E-state index in [2.05, 4.69) is 4.74 Å². The number of fused-ring (bicyclic) bond motifs is 1. The molecule has 0 heterocycles.